The van der Waals surface area contributed by atoms with Crippen molar-refractivity contribution in [3.8, 4) is 22.9 Å². The number of fused-ring (bicyclic) bond motifs is 1. The van der Waals surface area contributed by atoms with Crippen LogP contribution in [0, 0.1) is 0 Å². The number of H-pyrrole nitrogens is 1. The first-order chi connectivity index (χ1) is 14.5. The largest absolute Gasteiger partial charge is 0.493 e. The van der Waals surface area contributed by atoms with Crippen molar-refractivity contribution in [3.05, 3.63) is 72.3 Å². The number of benzene rings is 3. The molecule has 1 heterocycles. The summed E-state index contributed by atoms with van der Waals surface area (Å²) in [4.78, 5) is 20.9. The maximum Gasteiger partial charge on any atom is 0.255 e. The summed E-state index contributed by atoms with van der Waals surface area (Å²) in [5, 5.41) is 2.99. The summed E-state index contributed by atoms with van der Waals surface area (Å²) in [6, 6.07) is 20.5. The number of hydrogen-bond acceptors (Lipinski definition) is 4. The molecule has 4 rings (SSSR count). The van der Waals surface area contributed by atoms with Crippen molar-refractivity contribution >= 4 is 22.6 Å². The molecule has 0 saturated heterocycles. The van der Waals surface area contributed by atoms with Gasteiger partial charge in [0, 0.05) is 11.1 Å². The summed E-state index contributed by atoms with van der Waals surface area (Å²) in [5.41, 5.74) is 3.78. The molecule has 0 bridgehead atoms. The summed E-state index contributed by atoms with van der Waals surface area (Å²) in [7, 11) is 1.56. The van der Waals surface area contributed by atoms with Crippen molar-refractivity contribution < 1.29 is 14.3 Å². The second kappa shape index (κ2) is 8.29. The Morgan fingerprint density at radius 2 is 1.77 bits per heavy atom. The van der Waals surface area contributed by atoms with E-state index < -0.39 is 0 Å². The lowest BCUT2D eigenvalue weighted by molar-refractivity contribution is 0.102. The molecule has 0 spiro atoms. The van der Waals surface area contributed by atoms with Crippen LogP contribution >= 0.6 is 0 Å². The van der Waals surface area contributed by atoms with Crippen LogP contribution < -0.4 is 14.8 Å². The van der Waals surface area contributed by atoms with Gasteiger partial charge in [0.05, 0.1) is 29.9 Å². The van der Waals surface area contributed by atoms with E-state index in [4.69, 9.17) is 9.47 Å². The number of amides is 1. The Morgan fingerprint density at radius 1 is 1.00 bits per heavy atom. The number of nitrogens with zero attached hydrogens (tertiary/aromatic N) is 1. The number of ether oxygens (including phenoxy) is 2. The van der Waals surface area contributed by atoms with Crippen LogP contribution in [0.5, 0.6) is 11.5 Å². The van der Waals surface area contributed by atoms with Crippen LogP contribution in [0.4, 0.5) is 5.69 Å². The molecule has 0 unspecified atom stereocenters. The van der Waals surface area contributed by atoms with Gasteiger partial charge in [0.15, 0.2) is 11.5 Å². The van der Waals surface area contributed by atoms with Crippen LogP contribution in [0.2, 0.25) is 0 Å². The predicted octanol–water partition coefficient (Wildman–Crippen LogP) is 5.28. The molecule has 1 aromatic heterocycles. The minimum atomic E-state index is -0.243. The maximum atomic E-state index is 12.9. The van der Waals surface area contributed by atoms with Gasteiger partial charge in [-0.15, -0.1) is 0 Å². The summed E-state index contributed by atoms with van der Waals surface area (Å²) >= 11 is 0. The molecule has 0 saturated carbocycles. The molecule has 0 aliphatic heterocycles. The third-order valence-electron chi connectivity index (χ3n) is 4.61. The summed E-state index contributed by atoms with van der Waals surface area (Å²) in [6.45, 7) is 3.88. The predicted molar refractivity (Wildman–Crippen MR) is 118 cm³/mol. The number of anilines is 1. The van der Waals surface area contributed by atoms with E-state index in [0.29, 0.717) is 28.6 Å². The number of aromatic amines is 1. The third-order valence-corrected chi connectivity index (χ3v) is 4.61. The molecule has 2 N–H and O–H groups in total. The van der Waals surface area contributed by atoms with Gasteiger partial charge in [-0.25, -0.2) is 4.98 Å². The third kappa shape index (κ3) is 3.98. The van der Waals surface area contributed by atoms with Gasteiger partial charge in [0.25, 0.3) is 5.91 Å². The molecule has 1 amide bonds. The van der Waals surface area contributed by atoms with Crippen LogP contribution in [0.25, 0.3) is 22.4 Å². The van der Waals surface area contributed by atoms with E-state index in [-0.39, 0.29) is 12.0 Å². The van der Waals surface area contributed by atoms with Gasteiger partial charge in [-0.05, 0) is 56.3 Å². The quantitative estimate of drug-likeness (QED) is 0.461. The average Bonchev–Trinajstić information content (AvgIpc) is 3.18. The standard InChI is InChI=1S/C24H23N3O3/c1-15(2)30-21-13-12-16(14-22(21)29-3)24(28)27-18-9-5-4-8-17(18)23-25-19-10-6-7-11-20(19)26-23/h4-15H,1-3H3,(H,25,26)(H,27,28). The molecule has 3 aromatic carbocycles. The molecule has 6 nitrogen and oxygen atoms in total. The van der Waals surface area contributed by atoms with E-state index in [0.717, 1.165) is 16.6 Å². The number of carbonyl (C=O) groups excluding carboxylic acids is 1. The normalized spacial score (nSPS) is 10.9. The first-order valence-electron chi connectivity index (χ1n) is 9.75. The Labute approximate surface area is 174 Å². The molecule has 0 radical (unpaired) electrons. The summed E-state index contributed by atoms with van der Waals surface area (Å²) < 4.78 is 11.1. The maximum absolute atomic E-state index is 12.9. The van der Waals surface area contributed by atoms with Crippen molar-refractivity contribution in [1.82, 2.24) is 9.97 Å². The number of carbonyl (C=O) groups is 1. The number of rotatable bonds is 6. The topological polar surface area (TPSA) is 76.2 Å². The second-order valence-corrected chi connectivity index (χ2v) is 7.13. The monoisotopic (exact) mass is 401 g/mol. The zero-order valence-electron chi connectivity index (χ0n) is 17.1. The van der Waals surface area contributed by atoms with Gasteiger partial charge < -0.3 is 19.8 Å². The van der Waals surface area contributed by atoms with Gasteiger partial charge >= 0.3 is 0 Å². The summed E-state index contributed by atoms with van der Waals surface area (Å²) in [5.74, 6) is 1.58. The number of methoxy groups -OCH3 is 1. The second-order valence-electron chi connectivity index (χ2n) is 7.13. The zero-order valence-corrected chi connectivity index (χ0v) is 17.1. The highest BCUT2D eigenvalue weighted by Crippen LogP contribution is 2.31. The van der Waals surface area contributed by atoms with Gasteiger partial charge in [-0.3, -0.25) is 4.79 Å². The fraction of sp³-hybridized carbons (Fsp3) is 0.167. The minimum Gasteiger partial charge on any atom is -0.493 e. The number of aromatic nitrogens is 2. The Kier molecular flexibility index (Phi) is 5.39. The van der Waals surface area contributed by atoms with Crippen LogP contribution in [-0.4, -0.2) is 29.1 Å². The van der Waals surface area contributed by atoms with E-state index in [1.807, 2.05) is 62.4 Å². The van der Waals surface area contributed by atoms with E-state index in [9.17, 15) is 4.79 Å². The highest BCUT2D eigenvalue weighted by Gasteiger charge is 2.15. The molecule has 0 atom stereocenters. The van der Waals surface area contributed by atoms with Gasteiger partial charge in [-0.2, -0.15) is 0 Å². The Morgan fingerprint density at radius 3 is 2.53 bits per heavy atom. The van der Waals surface area contributed by atoms with Crippen molar-refractivity contribution in [2.24, 2.45) is 0 Å². The first-order valence-corrected chi connectivity index (χ1v) is 9.75. The lowest BCUT2D eigenvalue weighted by Gasteiger charge is -2.15. The summed E-state index contributed by atoms with van der Waals surface area (Å²) in [6.07, 6.45) is 0.00858. The molecule has 30 heavy (non-hydrogen) atoms. The average molecular weight is 401 g/mol. The van der Waals surface area contributed by atoms with Gasteiger partial charge in [0.1, 0.15) is 5.82 Å². The molecule has 0 fully saturated rings. The lowest BCUT2D eigenvalue weighted by Crippen LogP contribution is -2.13. The minimum absolute atomic E-state index is 0.00858. The van der Waals surface area contributed by atoms with Crippen LogP contribution in [0.1, 0.15) is 24.2 Å². The Balaban J connectivity index is 1.63. The fourth-order valence-corrected chi connectivity index (χ4v) is 3.23. The molecule has 0 aliphatic rings. The van der Waals surface area contributed by atoms with E-state index in [1.165, 1.54) is 0 Å². The number of imidazole rings is 1. The van der Waals surface area contributed by atoms with Crippen molar-refractivity contribution in [2.75, 3.05) is 12.4 Å². The molecule has 0 aliphatic carbocycles. The van der Waals surface area contributed by atoms with Crippen molar-refractivity contribution in [2.45, 2.75) is 20.0 Å². The number of nitrogens with one attached hydrogen (secondary N) is 2. The Hall–Kier alpha value is -3.80. The van der Waals surface area contributed by atoms with E-state index in [2.05, 4.69) is 15.3 Å². The van der Waals surface area contributed by atoms with Crippen LogP contribution in [0.15, 0.2) is 66.7 Å². The highest BCUT2D eigenvalue weighted by atomic mass is 16.5. The van der Waals surface area contributed by atoms with Crippen molar-refractivity contribution in [3.63, 3.8) is 0 Å². The van der Waals surface area contributed by atoms with Gasteiger partial charge in [0.2, 0.25) is 0 Å². The lowest BCUT2D eigenvalue weighted by atomic mass is 10.1. The highest BCUT2D eigenvalue weighted by molar-refractivity contribution is 6.06. The fourth-order valence-electron chi connectivity index (χ4n) is 3.23. The first kappa shape index (κ1) is 19.5. The van der Waals surface area contributed by atoms with E-state index >= 15 is 0 Å². The number of para-hydroxylation sites is 3. The van der Waals surface area contributed by atoms with Crippen LogP contribution in [0.3, 0.4) is 0 Å². The smallest absolute Gasteiger partial charge is 0.255 e. The molecule has 6 heteroatoms. The van der Waals surface area contributed by atoms with E-state index in [1.54, 1.807) is 25.3 Å². The van der Waals surface area contributed by atoms with Crippen molar-refractivity contribution in [1.29, 1.82) is 0 Å². The zero-order chi connectivity index (χ0) is 21.1. The molecule has 4 aromatic rings. The Bertz CT molecular complexity index is 1160. The SMILES string of the molecule is COc1cc(C(=O)Nc2ccccc2-c2nc3ccccc3[nH]2)ccc1OC(C)C. The van der Waals surface area contributed by atoms with Gasteiger partial charge in [-0.1, -0.05) is 24.3 Å². The number of hydrogen-bond donors (Lipinski definition) is 2. The molecule has 152 valence electrons. The molecular formula is C24H23N3O3. The van der Waals surface area contributed by atoms with Crippen LogP contribution in [-0.2, 0) is 0 Å². The molecular weight excluding hydrogens is 378 g/mol.